The van der Waals surface area contributed by atoms with Gasteiger partial charge in [-0.3, -0.25) is 0 Å². The van der Waals surface area contributed by atoms with Crippen LogP contribution >= 0.6 is 0 Å². The van der Waals surface area contributed by atoms with Gasteiger partial charge in [0.15, 0.2) is 0 Å². The summed E-state index contributed by atoms with van der Waals surface area (Å²) < 4.78 is 78.2. The van der Waals surface area contributed by atoms with E-state index in [1.165, 1.54) is 0 Å². The van der Waals surface area contributed by atoms with E-state index in [0.29, 0.717) is 46.2 Å². The highest BCUT2D eigenvalue weighted by Crippen LogP contribution is 2.31. The SMILES string of the molecule is CCCO[Si](C)(C)O[Si](C)(OCCC)O[Si](C)(OCCC)O[Si](C)(OCCC)O[Si](C)(OCCC)O[Si](C)(OCCC)OCCC. The van der Waals surface area contributed by atoms with Crippen molar-refractivity contribution in [1.29, 1.82) is 0 Å². The predicted molar refractivity (Wildman–Crippen MR) is 195 cm³/mol. The normalized spacial score (nSPS) is 18.1. The molecule has 0 aromatic rings. The molecule has 0 rings (SSSR count). The summed E-state index contributed by atoms with van der Waals surface area (Å²) in [5, 5.41) is 0. The molecule has 0 aromatic heterocycles. The summed E-state index contributed by atoms with van der Waals surface area (Å²) in [6.45, 7) is 31.1. The molecule has 0 heterocycles. The van der Waals surface area contributed by atoms with Gasteiger partial charge in [-0.25, -0.2) is 0 Å². The lowest BCUT2D eigenvalue weighted by Gasteiger charge is -2.43. The first-order valence-electron chi connectivity index (χ1n) is 17.4. The van der Waals surface area contributed by atoms with Crippen LogP contribution in [0.25, 0.3) is 0 Å². The van der Waals surface area contributed by atoms with Gasteiger partial charge in [-0.15, -0.1) is 0 Å². The van der Waals surface area contributed by atoms with Gasteiger partial charge < -0.3 is 51.6 Å². The van der Waals surface area contributed by atoms with Crippen molar-refractivity contribution < 1.29 is 51.6 Å². The van der Waals surface area contributed by atoms with Gasteiger partial charge in [-0.2, -0.15) is 0 Å². The summed E-state index contributed by atoms with van der Waals surface area (Å²) in [7, 11) is -19.7. The van der Waals surface area contributed by atoms with Gasteiger partial charge in [0.25, 0.3) is 0 Å². The fraction of sp³-hybridized carbons (Fsp3) is 1.00. The molecule has 0 aliphatic carbocycles. The maximum absolute atomic E-state index is 6.90. The average Bonchev–Trinajstić information content (AvgIpc) is 2.97. The van der Waals surface area contributed by atoms with Gasteiger partial charge in [0, 0.05) is 79.0 Å². The van der Waals surface area contributed by atoms with E-state index < -0.39 is 52.6 Å². The molecule has 0 N–H and O–H groups in total. The highest BCUT2D eigenvalue weighted by Gasteiger charge is 2.59. The standard InChI is InChI=1S/C28H70O12Si6/c1-15-22-29-41(8,9)36-43(11,32-25-18-4)38-45(13,34-27-20-6)40-46(14,35-28-21-7)39-44(12,33-26-19-5)37-42(10,30-23-16-2)31-24-17-3/h15-28H2,1-14H3. The zero-order valence-electron chi connectivity index (χ0n) is 31.8. The lowest BCUT2D eigenvalue weighted by molar-refractivity contribution is 0.0393. The molecule has 46 heavy (non-hydrogen) atoms. The van der Waals surface area contributed by atoms with Crippen LogP contribution in [0.4, 0.5) is 0 Å². The van der Waals surface area contributed by atoms with Crippen molar-refractivity contribution in [2.75, 3.05) is 46.2 Å². The molecule has 0 saturated heterocycles. The Hall–Kier alpha value is 0.821. The first-order chi connectivity index (χ1) is 21.5. The largest absolute Gasteiger partial charge is 0.490 e. The van der Waals surface area contributed by atoms with Gasteiger partial charge in [0.2, 0.25) is 0 Å². The number of hydrogen-bond acceptors (Lipinski definition) is 12. The Balaban J connectivity index is 6.70. The van der Waals surface area contributed by atoms with Crippen molar-refractivity contribution in [3.05, 3.63) is 0 Å². The molecule has 0 spiro atoms. The maximum atomic E-state index is 6.90. The molecule has 0 aliphatic rings. The molecule has 0 radical (unpaired) electrons. The Labute approximate surface area is 288 Å². The van der Waals surface area contributed by atoms with Crippen LogP contribution in [-0.4, -0.2) is 98.8 Å². The van der Waals surface area contributed by atoms with Gasteiger partial charge >= 0.3 is 52.6 Å². The zero-order valence-corrected chi connectivity index (χ0v) is 37.8. The summed E-state index contributed by atoms with van der Waals surface area (Å²) in [4.78, 5) is 0. The molecular formula is C28H70O12Si6. The van der Waals surface area contributed by atoms with Gasteiger partial charge in [0.05, 0.1) is 0 Å². The fourth-order valence-corrected chi connectivity index (χ4v) is 27.7. The molecule has 4 unspecified atom stereocenters. The first-order valence-corrected chi connectivity index (χ1v) is 31.4. The summed E-state index contributed by atoms with van der Waals surface area (Å²) in [5.41, 5.74) is 0. The molecule has 12 nitrogen and oxygen atoms in total. The smallest absolute Gasteiger partial charge is 0.395 e. The van der Waals surface area contributed by atoms with Crippen LogP contribution in [0.5, 0.6) is 0 Å². The number of rotatable bonds is 31. The van der Waals surface area contributed by atoms with E-state index in [2.05, 4.69) is 27.7 Å². The molecule has 278 valence electrons. The van der Waals surface area contributed by atoms with Crippen molar-refractivity contribution in [3.8, 4) is 0 Å². The first kappa shape index (κ1) is 46.8. The molecule has 0 saturated carbocycles. The van der Waals surface area contributed by atoms with Crippen LogP contribution in [0.3, 0.4) is 0 Å². The summed E-state index contributed by atoms with van der Waals surface area (Å²) >= 11 is 0. The van der Waals surface area contributed by atoms with E-state index in [4.69, 9.17) is 51.6 Å². The Morgan fingerprint density at radius 2 is 0.457 bits per heavy atom. The quantitative estimate of drug-likeness (QED) is 0.0648. The molecule has 0 amide bonds. The van der Waals surface area contributed by atoms with Crippen molar-refractivity contribution in [1.82, 2.24) is 0 Å². The fourth-order valence-electron chi connectivity index (χ4n) is 4.32. The Kier molecular flexibility index (Phi) is 23.7. The maximum Gasteiger partial charge on any atom is 0.490 e. The third-order valence-corrected chi connectivity index (χ3v) is 26.6. The minimum absolute atomic E-state index is 0.412. The zero-order chi connectivity index (χ0) is 35.4. The molecule has 18 heteroatoms. The van der Waals surface area contributed by atoms with Crippen molar-refractivity contribution in [3.63, 3.8) is 0 Å². The number of hydrogen-bond donors (Lipinski definition) is 0. The molecule has 0 bridgehead atoms. The van der Waals surface area contributed by atoms with Gasteiger partial charge in [-0.1, -0.05) is 48.5 Å². The van der Waals surface area contributed by atoms with Gasteiger partial charge in [0.1, 0.15) is 0 Å². The van der Waals surface area contributed by atoms with E-state index in [-0.39, 0.29) is 0 Å². The molecular weight excluding hydrogens is 697 g/mol. The Morgan fingerprint density at radius 1 is 0.261 bits per heavy atom. The summed E-state index contributed by atoms with van der Waals surface area (Å²) in [6, 6.07) is 0. The van der Waals surface area contributed by atoms with Crippen LogP contribution in [-0.2, 0) is 51.6 Å². The second-order valence-electron chi connectivity index (χ2n) is 12.2. The van der Waals surface area contributed by atoms with E-state index >= 15 is 0 Å². The van der Waals surface area contributed by atoms with Crippen molar-refractivity contribution in [2.24, 2.45) is 0 Å². The van der Waals surface area contributed by atoms with E-state index in [9.17, 15) is 0 Å². The van der Waals surface area contributed by atoms with Gasteiger partial charge in [-0.05, 0) is 58.0 Å². The molecule has 0 aromatic carbocycles. The molecule has 0 fully saturated rings. The van der Waals surface area contributed by atoms with Crippen LogP contribution in [0.1, 0.15) is 93.4 Å². The van der Waals surface area contributed by atoms with Crippen molar-refractivity contribution >= 4 is 52.6 Å². The van der Waals surface area contributed by atoms with Crippen LogP contribution in [0.2, 0.25) is 45.8 Å². The average molecular weight is 767 g/mol. The summed E-state index contributed by atoms with van der Waals surface area (Å²) in [6.07, 6.45) is 5.65. The second kappa shape index (κ2) is 23.3. The monoisotopic (exact) mass is 766 g/mol. The Morgan fingerprint density at radius 3 is 0.717 bits per heavy atom. The predicted octanol–water partition coefficient (Wildman–Crippen LogP) is 7.60. The minimum atomic E-state index is -3.59. The summed E-state index contributed by atoms with van der Waals surface area (Å²) in [5.74, 6) is 0. The topological polar surface area (TPSA) is 111 Å². The minimum Gasteiger partial charge on any atom is -0.395 e. The van der Waals surface area contributed by atoms with Crippen LogP contribution < -0.4 is 0 Å². The molecule has 4 atom stereocenters. The second-order valence-corrected chi connectivity index (χ2v) is 29.7. The highest BCUT2D eigenvalue weighted by molar-refractivity contribution is 6.86. The lowest BCUT2D eigenvalue weighted by atomic mass is 10.5. The Bertz CT molecular complexity index is 785. The van der Waals surface area contributed by atoms with E-state index in [1.54, 1.807) is 0 Å². The van der Waals surface area contributed by atoms with E-state index in [1.807, 2.05) is 66.6 Å². The third kappa shape index (κ3) is 19.9. The van der Waals surface area contributed by atoms with Crippen LogP contribution in [0, 0.1) is 0 Å². The highest BCUT2D eigenvalue weighted by atomic mass is 28.5. The van der Waals surface area contributed by atoms with E-state index in [0.717, 1.165) is 44.9 Å². The molecule has 0 aliphatic heterocycles. The lowest BCUT2D eigenvalue weighted by Crippen LogP contribution is -2.67. The van der Waals surface area contributed by atoms with Crippen molar-refractivity contribution in [2.45, 2.75) is 139 Å². The third-order valence-electron chi connectivity index (χ3n) is 5.98. The van der Waals surface area contributed by atoms with Crippen LogP contribution in [0.15, 0.2) is 0 Å².